The molecule has 0 saturated carbocycles. The van der Waals surface area contributed by atoms with Gasteiger partial charge in [-0.3, -0.25) is 9.97 Å². The van der Waals surface area contributed by atoms with Crippen molar-refractivity contribution in [1.82, 2.24) is 9.97 Å². The third-order valence-corrected chi connectivity index (χ3v) is 6.18. The second-order valence-electron chi connectivity index (χ2n) is 7.78. The normalized spacial score (nSPS) is 14.4. The van der Waals surface area contributed by atoms with Gasteiger partial charge in [-0.15, -0.1) is 0 Å². The van der Waals surface area contributed by atoms with Crippen LogP contribution in [0.2, 0.25) is 0 Å². The average molecular weight is 374 g/mol. The van der Waals surface area contributed by atoms with Gasteiger partial charge < -0.3 is 9.47 Å². The molecule has 0 radical (unpaired) electrons. The smallest absolute Gasteiger partial charge is 0.307 e. The third-order valence-electron chi connectivity index (χ3n) is 6.18. The molecular formula is C24H15BN2O2. The fourth-order valence-electron chi connectivity index (χ4n) is 4.65. The monoisotopic (exact) mass is 374 g/mol. The minimum atomic E-state index is -0.0826. The van der Waals surface area contributed by atoms with Crippen LogP contribution in [0.4, 0.5) is 0 Å². The fraction of sp³-hybridized carbons (Fsp3) is 0.0833. The zero-order chi connectivity index (χ0) is 18.9. The molecule has 1 aliphatic carbocycles. The molecule has 2 aromatic carbocycles. The zero-order valence-electron chi connectivity index (χ0n) is 15.6. The maximum atomic E-state index is 6.30. The predicted molar refractivity (Wildman–Crippen MR) is 113 cm³/mol. The summed E-state index contributed by atoms with van der Waals surface area (Å²) in [7, 11) is 0. The lowest BCUT2D eigenvalue weighted by molar-refractivity contribution is 0.462. The molecule has 0 saturated heterocycles. The number of hydrogen-bond acceptors (Lipinski definition) is 4. The highest BCUT2D eigenvalue weighted by molar-refractivity contribution is 6.97. The molecule has 0 unspecified atom stereocenters. The van der Waals surface area contributed by atoms with Crippen molar-refractivity contribution in [2.75, 3.05) is 0 Å². The minimum Gasteiger partial charge on any atom is -0.457 e. The van der Waals surface area contributed by atoms with Crippen molar-refractivity contribution in [3.05, 3.63) is 78.1 Å². The molecule has 7 rings (SSSR count). The Hall–Kier alpha value is -3.60. The number of nitrogens with zero attached hydrogens (tertiary/aromatic N) is 2. The second-order valence-corrected chi connectivity index (χ2v) is 7.78. The summed E-state index contributed by atoms with van der Waals surface area (Å²) in [5.41, 5.74) is 7.98. The summed E-state index contributed by atoms with van der Waals surface area (Å²) in [5.74, 6) is 3.21. The van der Waals surface area contributed by atoms with Crippen LogP contribution in [0, 0.1) is 0 Å². The van der Waals surface area contributed by atoms with Gasteiger partial charge >= 0.3 is 6.71 Å². The van der Waals surface area contributed by atoms with Gasteiger partial charge in [0.25, 0.3) is 0 Å². The highest BCUT2D eigenvalue weighted by Gasteiger charge is 2.42. The third kappa shape index (κ3) is 2.10. The number of ether oxygens (including phenoxy) is 2. The van der Waals surface area contributed by atoms with Gasteiger partial charge in [-0.05, 0) is 71.5 Å². The molecule has 3 aliphatic rings. The van der Waals surface area contributed by atoms with E-state index in [0.717, 1.165) is 51.6 Å². The summed E-state index contributed by atoms with van der Waals surface area (Å²) in [4.78, 5) is 9.27. The Morgan fingerprint density at radius 3 is 1.90 bits per heavy atom. The molecule has 2 aliphatic heterocycles. The van der Waals surface area contributed by atoms with E-state index < -0.39 is 0 Å². The number of benzene rings is 2. The van der Waals surface area contributed by atoms with Crippen molar-refractivity contribution in [3.8, 4) is 34.1 Å². The molecule has 0 spiro atoms. The Bertz CT molecular complexity index is 1260. The molecule has 29 heavy (non-hydrogen) atoms. The summed E-state index contributed by atoms with van der Waals surface area (Å²) in [6.45, 7) is -0.0826. The van der Waals surface area contributed by atoms with Crippen molar-refractivity contribution in [1.29, 1.82) is 0 Å². The van der Waals surface area contributed by atoms with Crippen molar-refractivity contribution in [3.63, 3.8) is 0 Å². The van der Waals surface area contributed by atoms with E-state index in [4.69, 9.17) is 9.47 Å². The van der Waals surface area contributed by atoms with Gasteiger partial charge in [-0.1, -0.05) is 18.2 Å². The lowest BCUT2D eigenvalue weighted by Gasteiger charge is -2.31. The van der Waals surface area contributed by atoms with Crippen molar-refractivity contribution in [2.24, 2.45) is 0 Å². The molecule has 0 fully saturated rings. The van der Waals surface area contributed by atoms with Crippen LogP contribution in [0.5, 0.6) is 23.0 Å². The van der Waals surface area contributed by atoms with E-state index in [0.29, 0.717) is 0 Å². The lowest BCUT2D eigenvalue weighted by atomic mass is 9.38. The molecule has 0 atom stereocenters. The van der Waals surface area contributed by atoms with E-state index in [-0.39, 0.29) is 6.71 Å². The fourth-order valence-corrected chi connectivity index (χ4v) is 4.65. The van der Waals surface area contributed by atoms with Gasteiger partial charge in [-0.25, -0.2) is 0 Å². The molecule has 0 bridgehead atoms. The predicted octanol–water partition coefficient (Wildman–Crippen LogP) is 2.97. The molecule has 5 heteroatoms. The summed E-state index contributed by atoms with van der Waals surface area (Å²) in [6, 6.07) is 18.7. The van der Waals surface area contributed by atoms with Crippen LogP contribution >= 0.6 is 0 Å². The first-order chi connectivity index (χ1) is 14.3. The second kappa shape index (κ2) is 5.48. The molecule has 2 aromatic heterocycles. The Kier molecular flexibility index (Phi) is 2.90. The van der Waals surface area contributed by atoms with Gasteiger partial charge in [0.15, 0.2) is 0 Å². The van der Waals surface area contributed by atoms with Crippen LogP contribution in [0.25, 0.3) is 11.1 Å². The number of fused-ring (bicyclic) bond motifs is 5. The maximum Gasteiger partial charge on any atom is 0.307 e. The van der Waals surface area contributed by atoms with E-state index in [2.05, 4.69) is 40.3 Å². The standard InChI is InChI=1S/C24H15BN2O2/c1-3-18-23(26-9-1)25-22-20(28-18)12-17(16-8-6-14-5-7-15(14)11-16)13-21(22)29-19-4-2-10-27-24(19)25/h1-4,6,8-13H,5,7H2. The van der Waals surface area contributed by atoms with Gasteiger partial charge in [-0.2, -0.15) is 0 Å². The summed E-state index contributed by atoms with van der Waals surface area (Å²) in [5, 5.41) is 0. The Morgan fingerprint density at radius 1 is 0.655 bits per heavy atom. The Morgan fingerprint density at radius 2 is 1.31 bits per heavy atom. The first-order valence-corrected chi connectivity index (χ1v) is 9.91. The highest BCUT2D eigenvalue weighted by atomic mass is 16.5. The van der Waals surface area contributed by atoms with E-state index >= 15 is 0 Å². The van der Waals surface area contributed by atoms with Gasteiger partial charge in [0.2, 0.25) is 0 Å². The maximum absolute atomic E-state index is 6.30. The summed E-state index contributed by atoms with van der Waals surface area (Å²) in [6.07, 6.45) is 5.96. The van der Waals surface area contributed by atoms with E-state index in [1.807, 2.05) is 24.3 Å². The van der Waals surface area contributed by atoms with Crippen LogP contribution in [0.15, 0.2) is 67.0 Å². The topological polar surface area (TPSA) is 44.2 Å². The van der Waals surface area contributed by atoms with Crippen LogP contribution in [0.1, 0.15) is 11.1 Å². The van der Waals surface area contributed by atoms with E-state index in [1.165, 1.54) is 23.1 Å². The quantitative estimate of drug-likeness (QED) is 0.415. The molecular weight excluding hydrogens is 359 g/mol. The van der Waals surface area contributed by atoms with Gasteiger partial charge in [0.05, 0.1) is 11.2 Å². The molecule has 4 aromatic rings. The van der Waals surface area contributed by atoms with Crippen molar-refractivity contribution >= 4 is 23.4 Å². The summed E-state index contributed by atoms with van der Waals surface area (Å²) < 4.78 is 12.6. The van der Waals surface area contributed by atoms with Crippen LogP contribution in [0.3, 0.4) is 0 Å². The number of hydrogen-bond donors (Lipinski definition) is 0. The first-order valence-electron chi connectivity index (χ1n) is 9.91. The largest absolute Gasteiger partial charge is 0.457 e. The molecule has 136 valence electrons. The van der Waals surface area contributed by atoms with Gasteiger partial charge in [0, 0.05) is 17.9 Å². The number of pyridine rings is 2. The SMILES string of the molecule is c1cnc2c(c1)Oc1cc(-c3ccc4c(c3)CC4)cc3c1B2c1ncccc1O3. The lowest BCUT2D eigenvalue weighted by Crippen LogP contribution is -2.59. The average Bonchev–Trinajstić information content (AvgIpc) is 2.74. The Balaban J connectivity index is 1.48. The van der Waals surface area contributed by atoms with Crippen molar-refractivity contribution in [2.45, 2.75) is 12.8 Å². The molecule has 0 amide bonds. The number of aromatic nitrogens is 2. The van der Waals surface area contributed by atoms with Crippen LogP contribution in [-0.4, -0.2) is 16.7 Å². The minimum absolute atomic E-state index is 0.0826. The van der Waals surface area contributed by atoms with Gasteiger partial charge in [0.1, 0.15) is 23.0 Å². The zero-order valence-corrected chi connectivity index (χ0v) is 15.6. The Labute approximate surface area is 168 Å². The number of aryl methyl sites for hydroxylation is 2. The van der Waals surface area contributed by atoms with Crippen molar-refractivity contribution < 1.29 is 9.47 Å². The highest BCUT2D eigenvalue weighted by Crippen LogP contribution is 2.38. The number of rotatable bonds is 1. The van der Waals surface area contributed by atoms with Crippen LogP contribution in [-0.2, 0) is 12.8 Å². The van der Waals surface area contributed by atoms with Crippen LogP contribution < -0.4 is 26.1 Å². The van der Waals surface area contributed by atoms with E-state index in [9.17, 15) is 0 Å². The summed E-state index contributed by atoms with van der Waals surface area (Å²) >= 11 is 0. The van der Waals surface area contributed by atoms with E-state index in [1.54, 1.807) is 12.4 Å². The molecule has 4 heterocycles. The molecule has 4 nitrogen and oxygen atoms in total. The molecule has 0 N–H and O–H groups in total. The first kappa shape index (κ1) is 15.3.